The molecule has 4 nitrogen and oxygen atoms in total. The standard InChI is InChI=1S/C15H20BrN3O/c1-3-19-7-6-13-12(9-19)15(18-17-13)11-8-10(16)4-5-14(11)20-2/h4-5,8,12,15,18H,3,6-7,9H2,1-2H3. The van der Waals surface area contributed by atoms with E-state index in [2.05, 4.69) is 44.3 Å². The summed E-state index contributed by atoms with van der Waals surface area (Å²) in [7, 11) is 1.72. The molecule has 2 aliphatic rings. The van der Waals surface area contributed by atoms with Crippen molar-refractivity contribution in [2.75, 3.05) is 26.7 Å². The molecule has 20 heavy (non-hydrogen) atoms. The summed E-state index contributed by atoms with van der Waals surface area (Å²) < 4.78 is 6.60. The molecule has 2 atom stereocenters. The number of hydrogen-bond acceptors (Lipinski definition) is 4. The van der Waals surface area contributed by atoms with Crippen LogP contribution in [-0.4, -0.2) is 37.4 Å². The van der Waals surface area contributed by atoms with E-state index in [1.807, 2.05) is 12.1 Å². The highest BCUT2D eigenvalue weighted by Crippen LogP contribution is 2.37. The van der Waals surface area contributed by atoms with Crippen molar-refractivity contribution in [3.8, 4) is 5.75 Å². The predicted octanol–water partition coefficient (Wildman–Crippen LogP) is 2.80. The average Bonchev–Trinajstić information content (AvgIpc) is 2.89. The summed E-state index contributed by atoms with van der Waals surface area (Å²) in [5, 5.41) is 4.56. The summed E-state index contributed by atoms with van der Waals surface area (Å²) in [6.07, 6.45) is 1.07. The molecule has 108 valence electrons. The van der Waals surface area contributed by atoms with Crippen LogP contribution in [0.15, 0.2) is 27.8 Å². The van der Waals surface area contributed by atoms with Gasteiger partial charge < -0.3 is 15.1 Å². The first-order chi connectivity index (χ1) is 9.72. The van der Waals surface area contributed by atoms with Crippen molar-refractivity contribution < 1.29 is 4.74 Å². The Kier molecular flexibility index (Phi) is 3.98. The number of piperidine rings is 1. The Balaban J connectivity index is 1.90. The molecule has 2 unspecified atom stereocenters. The van der Waals surface area contributed by atoms with E-state index >= 15 is 0 Å². The third-order valence-corrected chi connectivity index (χ3v) is 4.78. The van der Waals surface area contributed by atoms with Crippen LogP contribution in [0.4, 0.5) is 0 Å². The van der Waals surface area contributed by atoms with Crippen LogP contribution in [0.3, 0.4) is 0 Å². The zero-order valence-corrected chi connectivity index (χ0v) is 13.5. The van der Waals surface area contributed by atoms with E-state index in [-0.39, 0.29) is 6.04 Å². The van der Waals surface area contributed by atoms with Crippen molar-refractivity contribution in [1.82, 2.24) is 10.3 Å². The third-order valence-electron chi connectivity index (χ3n) is 4.29. The number of rotatable bonds is 3. The van der Waals surface area contributed by atoms with Crippen molar-refractivity contribution >= 4 is 21.6 Å². The third kappa shape index (κ3) is 2.44. The van der Waals surface area contributed by atoms with Crippen LogP contribution in [0.2, 0.25) is 0 Å². The van der Waals surface area contributed by atoms with Gasteiger partial charge in [0.2, 0.25) is 0 Å². The molecule has 1 aromatic carbocycles. The van der Waals surface area contributed by atoms with Gasteiger partial charge in [-0.25, -0.2) is 0 Å². The Hall–Kier alpha value is -1.07. The summed E-state index contributed by atoms with van der Waals surface area (Å²) in [5.41, 5.74) is 5.81. The largest absolute Gasteiger partial charge is 0.496 e. The number of fused-ring (bicyclic) bond motifs is 1. The quantitative estimate of drug-likeness (QED) is 0.921. The van der Waals surface area contributed by atoms with Gasteiger partial charge in [0.05, 0.1) is 13.2 Å². The predicted molar refractivity (Wildman–Crippen MR) is 84.2 cm³/mol. The fourth-order valence-electron chi connectivity index (χ4n) is 3.13. The molecule has 3 rings (SSSR count). The molecular weight excluding hydrogens is 318 g/mol. The van der Waals surface area contributed by atoms with Crippen molar-refractivity contribution in [2.45, 2.75) is 19.4 Å². The first kappa shape index (κ1) is 13.9. The molecule has 2 heterocycles. The fraction of sp³-hybridized carbons (Fsp3) is 0.533. The number of likely N-dealkylation sites (tertiary alicyclic amines) is 1. The van der Waals surface area contributed by atoms with E-state index in [0.717, 1.165) is 36.3 Å². The summed E-state index contributed by atoms with van der Waals surface area (Å²) in [6, 6.07) is 6.38. The minimum atomic E-state index is 0.215. The summed E-state index contributed by atoms with van der Waals surface area (Å²) in [5.74, 6) is 1.38. The minimum Gasteiger partial charge on any atom is -0.496 e. The lowest BCUT2D eigenvalue weighted by Crippen LogP contribution is -2.41. The Labute approximate surface area is 128 Å². The van der Waals surface area contributed by atoms with Gasteiger partial charge in [-0.3, -0.25) is 0 Å². The minimum absolute atomic E-state index is 0.215. The number of halogens is 1. The van der Waals surface area contributed by atoms with Crippen LogP contribution < -0.4 is 10.2 Å². The average molecular weight is 338 g/mol. The van der Waals surface area contributed by atoms with Crippen LogP contribution in [0.5, 0.6) is 5.75 Å². The first-order valence-electron chi connectivity index (χ1n) is 7.10. The number of hydrazone groups is 1. The Morgan fingerprint density at radius 3 is 3.10 bits per heavy atom. The van der Waals surface area contributed by atoms with Crippen LogP contribution >= 0.6 is 15.9 Å². The Morgan fingerprint density at radius 1 is 1.50 bits per heavy atom. The van der Waals surface area contributed by atoms with Gasteiger partial charge in [-0.15, -0.1) is 0 Å². The van der Waals surface area contributed by atoms with Crippen molar-refractivity contribution in [3.05, 3.63) is 28.2 Å². The van der Waals surface area contributed by atoms with E-state index in [9.17, 15) is 0 Å². The van der Waals surface area contributed by atoms with Crippen molar-refractivity contribution in [2.24, 2.45) is 11.0 Å². The number of ether oxygens (including phenoxy) is 1. The molecule has 1 saturated heterocycles. The fourth-order valence-corrected chi connectivity index (χ4v) is 3.51. The van der Waals surface area contributed by atoms with Gasteiger partial charge in [-0.1, -0.05) is 22.9 Å². The van der Waals surface area contributed by atoms with E-state index in [1.165, 1.54) is 11.3 Å². The number of nitrogens with one attached hydrogen (secondary N) is 1. The van der Waals surface area contributed by atoms with Crippen LogP contribution in [0.1, 0.15) is 24.9 Å². The highest BCUT2D eigenvalue weighted by atomic mass is 79.9. The van der Waals surface area contributed by atoms with E-state index in [0.29, 0.717) is 5.92 Å². The monoisotopic (exact) mass is 337 g/mol. The maximum absolute atomic E-state index is 5.52. The zero-order chi connectivity index (χ0) is 14.1. The lowest BCUT2D eigenvalue weighted by Gasteiger charge is -2.33. The molecule has 1 fully saturated rings. The molecule has 0 aliphatic carbocycles. The van der Waals surface area contributed by atoms with E-state index in [4.69, 9.17) is 4.74 Å². The maximum atomic E-state index is 5.52. The van der Waals surface area contributed by atoms with Gasteiger partial charge >= 0.3 is 0 Å². The Morgan fingerprint density at radius 2 is 2.35 bits per heavy atom. The smallest absolute Gasteiger partial charge is 0.124 e. The topological polar surface area (TPSA) is 36.9 Å². The highest BCUT2D eigenvalue weighted by molar-refractivity contribution is 9.10. The molecule has 0 radical (unpaired) electrons. The molecular formula is C15H20BrN3O. The molecule has 2 aliphatic heterocycles. The highest BCUT2D eigenvalue weighted by Gasteiger charge is 2.37. The second-order valence-corrected chi connectivity index (χ2v) is 6.26. The SMILES string of the molecule is CCN1CCC2=NNC(c3cc(Br)ccc3OC)C2C1. The van der Waals surface area contributed by atoms with Gasteiger partial charge in [0, 0.05) is 41.2 Å². The second-order valence-electron chi connectivity index (χ2n) is 5.35. The van der Waals surface area contributed by atoms with Gasteiger partial charge in [-0.2, -0.15) is 5.10 Å². The molecule has 0 spiro atoms. The van der Waals surface area contributed by atoms with Crippen LogP contribution in [-0.2, 0) is 0 Å². The molecule has 0 bridgehead atoms. The molecule has 5 heteroatoms. The summed E-state index contributed by atoms with van der Waals surface area (Å²) >= 11 is 3.55. The molecule has 1 N–H and O–H groups in total. The van der Waals surface area contributed by atoms with Crippen molar-refractivity contribution in [1.29, 1.82) is 0 Å². The van der Waals surface area contributed by atoms with Gasteiger partial charge in [-0.05, 0) is 24.7 Å². The van der Waals surface area contributed by atoms with Crippen molar-refractivity contribution in [3.63, 3.8) is 0 Å². The summed E-state index contributed by atoms with van der Waals surface area (Å²) in [4.78, 5) is 2.49. The van der Waals surface area contributed by atoms with E-state index < -0.39 is 0 Å². The second kappa shape index (κ2) is 5.74. The summed E-state index contributed by atoms with van der Waals surface area (Å²) in [6.45, 7) is 5.52. The number of methoxy groups -OCH3 is 1. The van der Waals surface area contributed by atoms with Gasteiger partial charge in [0.1, 0.15) is 5.75 Å². The number of nitrogens with zero attached hydrogens (tertiary/aromatic N) is 2. The van der Waals surface area contributed by atoms with Gasteiger partial charge in [0.15, 0.2) is 0 Å². The molecule has 0 aromatic heterocycles. The maximum Gasteiger partial charge on any atom is 0.124 e. The normalized spacial score (nSPS) is 25.9. The molecule has 0 saturated carbocycles. The number of benzene rings is 1. The van der Waals surface area contributed by atoms with Crippen LogP contribution in [0, 0.1) is 5.92 Å². The van der Waals surface area contributed by atoms with Gasteiger partial charge in [0.25, 0.3) is 0 Å². The van der Waals surface area contributed by atoms with Crippen LogP contribution in [0.25, 0.3) is 0 Å². The number of hydrogen-bond donors (Lipinski definition) is 1. The zero-order valence-electron chi connectivity index (χ0n) is 11.9. The molecule has 1 aromatic rings. The first-order valence-corrected chi connectivity index (χ1v) is 7.90. The van der Waals surface area contributed by atoms with E-state index in [1.54, 1.807) is 7.11 Å². The molecule has 0 amide bonds. The Bertz CT molecular complexity index is 532. The lowest BCUT2D eigenvalue weighted by atomic mass is 9.86. The lowest BCUT2D eigenvalue weighted by molar-refractivity contribution is 0.237.